The van der Waals surface area contributed by atoms with E-state index in [-0.39, 0.29) is 23.7 Å². The van der Waals surface area contributed by atoms with E-state index >= 15 is 0 Å². The van der Waals surface area contributed by atoms with Crippen molar-refractivity contribution in [2.75, 3.05) is 6.61 Å². The second-order valence-corrected chi connectivity index (χ2v) is 8.91. The number of ether oxygens (including phenoxy) is 1. The summed E-state index contributed by atoms with van der Waals surface area (Å²) < 4.78 is 23.9. The molecule has 10 heteroatoms. The van der Waals surface area contributed by atoms with Gasteiger partial charge >= 0.3 is 0 Å². The Hall–Kier alpha value is -4.60. The van der Waals surface area contributed by atoms with E-state index in [1.54, 1.807) is 47.3 Å². The Balaban J connectivity index is 1.24. The SMILES string of the molecule is CCOc1ccc(-c2nnc([C@H]3C[C@H](NC(=O)c4cn5ccccc5n4)C3)n2-c2ccccc2F)nc1. The molecule has 1 saturated carbocycles. The molecule has 1 aliphatic carbocycles. The van der Waals surface area contributed by atoms with Crippen LogP contribution in [0, 0.1) is 5.82 Å². The van der Waals surface area contributed by atoms with Gasteiger partial charge in [-0.05, 0) is 56.2 Å². The first-order chi connectivity index (χ1) is 18.1. The average molecular weight is 498 g/mol. The maximum absolute atomic E-state index is 14.9. The molecule has 4 aromatic heterocycles. The van der Waals surface area contributed by atoms with Crippen LogP contribution in [0.1, 0.15) is 42.0 Å². The molecule has 0 aliphatic heterocycles. The topological polar surface area (TPSA) is 99.2 Å². The van der Waals surface area contributed by atoms with E-state index in [1.807, 2.05) is 35.7 Å². The molecule has 0 spiro atoms. The number of nitrogens with one attached hydrogen (secondary N) is 1. The Morgan fingerprint density at radius 3 is 2.70 bits per heavy atom. The lowest BCUT2D eigenvalue weighted by Gasteiger charge is -2.35. The molecule has 4 heterocycles. The molecule has 1 aliphatic rings. The number of amides is 1. The Morgan fingerprint density at radius 2 is 1.95 bits per heavy atom. The molecule has 0 bridgehead atoms. The summed E-state index contributed by atoms with van der Waals surface area (Å²) in [6.45, 7) is 2.44. The molecule has 186 valence electrons. The molecule has 1 fully saturated rings. The van der Waals surface area contributed by atoms with Crippen molar-refractivity contribution in [2.45, 2.75) is 31.7 Å². The van der Waals surface area contributed by atoms with Crippen LogP contribution in [0.5, 0.6) is 5.75 Å². The van der Waals surface area contributed by atoms with E-state index < -0.39 is 0 Å². The number of hydrogen-bond donors (Lipinski definition) is 1. The molecule has 0 radical (unpaired) electrons. The standard InChI is InChI=1S/C27H24FN7O2/c1-2-37-19-10-11-21(29-15-19)26-33-32-25(35(26)23-8-4-3-7-20(23)28)17-13-18(14-17)30-27(36)22-16-34-12-6-5-9-24(34)31-22/h3-12,15-18H,2,13-14H2,1H3,(H,30,36)/t17-,18-. The molecule has 37 heavy (non-hydrogen) atoms. The lowest BCUT2D eigenvalue weighted by molar-refractivity contribution is 0.0902. The maximum Gasteiger partial charge on any atom is 0.271 e. The predicted octanol–water partition coefficient (Wildman–Crippen LogP) is 4.19. The number of imidazole rings is 1. The van der Waals surface area contributed by atoms with Crippen LogP contribution in [0.3, 0.4) is 0 Å². The maximum atomic E-state index is 14.9. The van der Waals surface area contributed by atoms with E-state index in [9.17, 15) is 9.18 Å². The first-order valence-corrected chi connectivity index (χ1v) is 12.1. The number of benzene rings is 1. The van der Waals surface area contributed by atoms with Gasteiger partial charge in [-0.15, -0.1) is 10.2 Å². The first kappa shape index (κ1) is 22.8. The first-order valence-electron chi connectivity index (χ1n) is 12.1. The number of hydrogen-bond acceptors (Lipinski definition) is 6. The van der Waals surface area contributed by atoms with Gasteiger partial charge in [-0.25, -0.2) is 14.4 Å². The van der Waals surface area contributed by atoms with Gasteiger partial charge < -0.3 is 14.5 Å². The summed E-state index contributed by atoms with van der Waals surface area (Å²) in [4.78, 5) is 21.6. The van der Waals surface area contributed by atoms with E-state index in [1.165, 1.54) is 6.07 Å². The molecule has 6 rings (SSSR count). The van der Waals surface area contributed by atoms with Crippen molar-refractivity contribution in [1.82, 2.24) is 34.4 Å². The summed E-state index contributed by atoms with van der Waals surface area (Å²) in [6, 6.07) is 15.7. The zero-order valence-corrected chi connectivity index (χ0v) is 20.1. The number of rotatable bonds is 7. The third-order valence-corrected chi connectivity index (χ3v) is 6.49. The highest BCUT2D eigenvalue weighted by atomic mass is 19.1. The van der Waals surface area contributed by atoms with Crippen LogP contribution in [0.4, 0.5) is 4.39 Å². The highest BCUT2D eigenvalue weighted by Gasteiger charge is 2.37. The van der Waals surface area contributed by atoms with Crippen molar-refractivity contribution in [2.24, 2.45) is 0 Å². The van der Waals surface area contributed by atoms with Crippen molar-refractivity contribution >= 4 is 11.6 Å². The van der Waals surface area contributed by atoms with Gasteiger partial charge in [-0.3, -0.25) is 9.36 Å². The summed E-state index contributed by atoms with van der Waals surface area (Å²) in [5.74, 6) is 1.12. The Kier molecular flexibility index (Phi) is 5.84. The fraction of sp³-hybridized carbons (Fsp3) is 0.222. The minimum absolute atomic E-state index is 0.00470. The number of pyridine rings is 2. The summed E-state index contributed by atoms with van der Waals surface area (Å²) in [5, 5.41) is 11.9. The number of carbonyl (C=O) groups is 1. The third-order valence-electron chi connectivity index (χ3n) is 6.49. The van der Waals surface area contributed by atoms with Gasteiger partial charge in [-0.1, -0.05) is 18.2 Å². The number of fused-ring (bicyclic) bond motifs is 1. The molecule has 9 nitrogen and oxygen atoms in total. The van der Waals surface area contributed by atoms with E-state index in [0.29, 0.717) is 59.6 Å². The highest BCUT2D eigenvalue weighted by Crippen LogP contribution is 2.39. The number of halogens is 1. The quantitative estimate of drug-likeness (QED) is 0.362. The number of nitrogens with zero attached hydrogens (tertiary/aromatic N) is 6. The van der Waals surface area contributed by atoms with Crippen molar-refractivity contribution in [3.05, 3.63) is 90.5 Å². The number of carbonyl (C=O) groups excluding carboxylic acids is 1. The Bertz CT molecular complexity index is 1540. The molecule has 0 saturated heterocycles. The summed E-state index contributed by atoms with van der Waals surface area (Å²) in [6.07, 6.45) is 6.49. The molecule has 1 aromatic carbocycles. The lowest BCUT2D eigenvalue weighted by atomic mass is 9.79. The fourth-order valence-electron chi connectivity index (χ4n) is 4.61. The molecule has 5 aromatic rings. The van der Waals surface area contributed by atoms with E-state index in [2.05, 4.69) is 25.5 Å². The molecule has 0 unspecified atom stereocenters. The van der Waals surface area contributed by atoms with Crippen LogP contribution in [0.2, 0.25) is 0 Å². The minimum atomic E-state index is -0.383. The average Bonchev–Trinajstić information content (AvgIpc) is 3.52. The monoisotopic (exact) mass is 497 g/mol. The molecular weight excluding hydrogens is 473 g/mol. The Labute approximate surface area is 212 Å². The minimum Gasteiger partial charge on any atom is -0.492 e. The van der Waals surface area contributed by atoms with Gasteiger partial charge in [0.1, 0.15) is 34.4 Å². The van der Waals surface area contributed by atoms with Crippen molar-refractivity contribution < 1.29 is 13.9 Å². The van der Waals surface area contributed by atoms with Crippen LogP contribution >= 0.6 is 0 Å². The van der Waals surface area contributed by atoms with E-state index in [0.717, 1.165) is 0 Å². The van der Waals surface area contributed by atoms with Gasteiger partial charge in [0.15, 0.2) is 5.82 Å². The predicted molar refractivity (Wildman–Crippen MR) is 134 cm³/mol. The summed E-state index contributed by atoms with van der Waals surface area (Å²) in [5.41, 5.74) is 1.99. The van der Waals surface area contributed by atoms with Gasteiger partial charge in [0, 0.05) is 24.4 Å². The van der Waals surface area contributed by atoms with Crippen LogP contribution in [-0.2, 0) is 0 Å². The van der Waals surface area contributed by atoms with Crippen LogP contribution in [-0.4, -0.2) is 47.7 Å². The second kappa shape index (κ2) is 9.45. The zero-order valence-electron chi connectivity index (χ0n) is 20.1. The van der Waals surface area contributed by atoms with Crippen molar-refractivity contribution in [1.29, 1.82) is 0 Å². The smallest absolute Gasteiger partial charge is 0.271 e. The van der Waals surface area contributed by atoms with Crippen LogP contribution < -0.4 is 10.1 Å². The fourth-order valence-corrected chi connectivity index (χ4v) is 4.61. The highest BCUT2D eigenvalue weighted by molar-refractivity contribution is 5.93. The lowest BCUT2D eigenvalue weighted by Crippen LogP contribution is -2.44. The normalized spacial score (nSPS) is 16.9. The third kappa shape index (κ3) is 4.31. The summed E-state index contributed by atoms with van der Waals surface area (Å²) >= 11 is 0. The Morgan fingerprint density at radius 1 is 1.11 bits per heavy atom. The van der Waals surface area contributed by atoms with Crippen LogP contribution in [0.15, 0.2) is 73.2 Å². The van der Waals surface area contributed by atoms with Gasteiger partial charge in [0.05, 0.1) is 18.5 Å². The number of aromatic nitrogens is 6. The van der Waals surface area contributed by atoms with E-state index in [4.69, 9.17) is 4.74 Å². The van der Waals surface area contributed by atoms with Crippen molar-refractivity contribution in [3.8, 4) is 23.0 Å². The molecule has 1 amide bonds. The number of para-hydroxylation sites is 1. The van der Waals surface area contributed by atoms with Gasteiger partial charge in [-0.2, -0.15) is 0 Å². The van der Waals surface area contributed by atoms with Gasteiger partial charge in [0.2, 0.25) is 0 Å². The van der Waals surface area contributed by atoms with Crippen molar-refractivity contribution in [3.63, 3.8) is 0 Å². The zero-order chi connectivity index (χ0) is 25.4. The van der Waals surface area contributed by atoms with Crippen LogP contribution in [0.25, 0.3) is 22.9 Å². The summed E-state index contributed by atoms with van der Waals surface area (Å²) in [7, 11) is 0. The molecular formula is C27H24FN7O2. The molecule has 0 atom stereocenters. The second-order valence-electron chi connectivity index (χ2n) is 8.91. The largest absolute Gasteiger partial charge is 0.492 e. The molecule has 1 N–H and O–H groups in total. The van der Waals surface area contributed by atoms with Gasteiger partial charge in [0.25, 0.3) is 5.91 Å².